The highest BCUT2D eigenvalue weighted by Gasteiger charge is 2.38. The lowest BCUT2D eigenvalue weighted by Gasteiger charge is -2.35. The molecule has 0 radical (unpaired) electrons. The number of phenolic OH excluding ortho intramolecular Hbond substituents is 1. The van der Waals surface area contributed by atoms with E-state index in [9.17, 15) is 9.90 Å². The Morgan fingerprint density at radius 1 is 1.45 bits per heavy atom. The molecule has 4 nitrogen and oxygen atoms in total. The summed E-state index contributed by atoms with van der Waals surface area (Å²) in [5.74, 6) is 0.563. The van der Waals surface area contributed by atoms with E-state index < -0.39 is 5.54 Å². The molecule has 2 unspecified atom stereocenters. The molecule has 0 heterocycles. The first-order valence-electron chi connectivity index (χ1n) is 7.23. The van der Waals surface area contributed by atoms with Crippen LogP contribution in [0.15, 0.2) is 12.1 Å². The van der Waals surface area contributed by atoms with E-state index in [-0.39, 0.29) is 11.7 Å². The van der Waals surface area contributed by atoms with Crippen LogP contribution in [0.4, 0.5) is 5.69 Å². The molecular formula is C16H24N2O2. The molecule has 0 spiro atoms. The Bertz CT molecular complexity index is 527. The van der Waals surface area contributed by atoms with Crippen LogP contribution in [0, 0.1) is 19.8 Å². The predicted molar refractivity (Wildman–Crippen MR) is 80.8 cm³/mol. The molecule has 2 rings (SSSR count). The van der Waals surface area contributed by atoms with E-state index in [0.717, 1.165) is 31.2 Å². The highest BCUT2D eigenvalue weighted by Crippen LogP contribution is 2.33. The Kier molecular flexibility index (Phi) is 4.04. The summed E-state index contributed by atoms with van der Waals surface area (Å²) < 4.78 is 0. The van der Waals surface area contributed by atoms with Crippen LogP contribution in [-0.2, 0) is 4.79 Å². The number of nitrogens with two attached hydrogens (primary N) is 1. The number of anilines is 1. The quantitative estimate of drug-likeness (QED) is 0.777. The molecule has 0 aromatic heterocycles. The second-order valence-corrected chi connectivity index (χ2v) is 6.22. The summed E-state index contributed by atoms with van der Waals surface area (Å²) in [6, 6.07) is 3.61. The van der Waals surface area contributed by atoms with Crippen molar-refractivity contribution in [1.29, 1.82) is 0 Å². The Morgan fingerprint density at radius 2 is 2.15 bits per heavy atom. The summed E-state index contributed by atoms with van der Waals surface area (Å²) in [6.07, 6.45) is 3.57. The summed E-state index contributed by atoms with van der Waals surface area (Å²) in [7, 11) is 0. The van der Waals surface area contributed by atoms with Gasteiger partial charge in [0.15, 0.2) is 0 Å². The largest absolute Gasteiger partial charge is 0.507 e. The Morgan fingerprint density at radius 3 is 2.80 bits per heavy atom. The van der Waals surface area contributed by atoms with Crippen LogP contribution in [0.1, 0.15) is 43.7 Å². The fraction of sp³-hybridized carbons (Fsp3) is 0.562. The van der Waals surface area contributed by atoms with E-state index in [1.54, 1.807) is 13.0 Å². The number of nitrogens with one attached hydrogen (secondary N) is 1. The maximum Gasteiger partial charge on any atom is 0.244 e. The predicted octanol–water partition coefficient (Wildman–Crippen LogP) is 2.86. The van der Waals surface area contributed by atoms with Crippen LogP contribution in [0.5, 0.6) is 5.75 Å². The molecule has 1 aromatic rings. The number of benzene rings is 1. The molecule has 1 aliphatic carbocycles. The molecule has 20 heavy (non-hydrogen) atoms. The van der Waals surface area contributed by atoms with E-state index in [1.165, 1.54) is 0 Å². The average Bonchev–Trinajstić information content (AvgIpc) is 2.39. The molecule has 110 valence electrons. The zero-order valence-electron chi connectivity index (χ0n) is 12.5. The lowest BCUT2D eigenvalue weighted by Crippen LogP contribution is -2.53. The van der Waals surface area contributed by atoms with Gasteiger partial charge in [0, 0.05) is 11.3 Å². The van der Waals surface area contributed by atoms with Gasteiger partial charge >= 0.3 is 0 Å². The van der Waals surface area contributed by atoms with Gasteiger partial charge < -0.3 is 16.2 Å². The van der Waals surface area contributed by atoms with Crippen molar-refractivity contribution in [2.75, 3.05) is 5.32 Å². The van der Waals surface area contributed by atoms with Gasteiger partial charge in [0.05, 0.1) is 5.54 Å². The number of aryl methyl sites for hydroxylation is 1. The van der Waals surface area contributed by atoms with E-state index >= 15 is 0 Å². The second-order valence-electron chi connectivity index (χ2n) is 6.22. The van der Waals surface area contributed by atoms with Gasteiger partial charge in [0.1, 0.15) is 5.75 Å². The third-order valence-corrected chi connectivity index (χ3v) is 4.37. The number of hydrogen-bond acceptors (Lipinski definition) is 3. The fourth-order valence-corrected chi connectivity index (χ4v) is 3.02. The minimum absolute atomic E-state index is 0.143. The van der Waals surface area contributed by atoms with E-state index in [1.807, 2.05) is 13.0 Å². The third-order valence-electron chi connectivity index (χ3n) is 4.37. The van der Waals surface area contributed by atoms with Crippen LogP contribution in [0.3, 0.4) is 0 Å². The molecule has 0 saturated heterocycles. The first kappa shape index (κ1) is 14.9. The summed E-state index contributed by atoms with van der Waals surface area (Å²) in [6.45, 7) is 5.77. The number of carbonyl (C=O) groups is 1. The number of amides is 1. The van der Waals surface area contributed by atoms with Crippen molar-refractivity contribution in [3.05, 3.63) is 23.3 Å². The molecule has 1 amide bonds. The highest BCUT2D eigenvalue weighted by molar-refractivity contribution is 5.98. The number of phenols is 1. The van der Waals surface area contributed by atoms with E-state index in [2.05, 4.69) is 12.2 Å². The molecule has 2 atom stereocenters. The molecule has 0 aliphatic heterocycles. The maximum absolute atomic E-state index is 12.5. The lowest BCUT2D eigenvalue weighted by molar-refractivity contribution is -0.122. The van der Waals surface area contributed by atoms with Crippen molar-refractivity contribution in [2.45, 2.75) is 52.0 Å². The molecule has 4 heteroatoms. The van der Waals surface area contributed by atoms with Crippen LogP contribution >= 0.6 is 0 Å². The molecule has 1 saturated carbocycles. The van der Waals surface area contributed by atoms with Gasteiger partial charge in [-0.25, -0.2) is 0 Å². The van der Waals surface area contributed by atoms with Crippen molar-refractivity contribution < 1.29 is 9.90 Å². The summed E-state index contributed by atoms with van der Waals surface area (Å²) in [5, 5.41) is 12.8. The maximum atomic E-state index is 12.5. The normalized spacial score (nSPS) is 26.3. The first-order valence-corrected chi connectivity index (χ1v) is 7.23. The fourth-order valence-electron chi connectivity index (χ4n) is 3.02. The molecular weight excluding hydrogens is 252 g/mol. The minimum Gasteiger partial charge on any atom is -0.507 e. The van der Waals surface area contributed by atoms with Crippen LogP contribution in [0.2, 0.25) is 0 Å². The van der Waals surface area contributed by atoms with Gasteiger partial charge in [-0.3, -0.25) is 4.79 Å². The summed E-state index contributed by atoms with van der Waals surface area (Å²) in [4.78, 5) is 12.5. The zero-order valence-corrected chi connectivity index (χ0v) is 12.5. The molecule has 1 aromatic carbocycles. The Hall–Kier alpha value is -1.55. The number of rotatable bonds is 2. The van der Waals surface area contributed by atoms with Crippen molar-refractivity contribution >= 4 is 11.6 Å². The van der Waals surface area contributed by atoms with E-state index in [4.69, 9.17) is 5.73 Å². The minimum atomic E-state index is -0.787. The monoisotopic (exact) mass is 276 g/mol. The SMILES string of the molecule is Cc1ccc(NC(=O)C2(N)CCCC(C)C2)c(C)c1O. The Balaban J connectivity index is 2.18. The van der Waals surface area contributed by atoms with Gasteiger partial charge in [-0.2, -0.15) is 0 Å². The topological polar surface area (TPSA) is 75.4 Å². The number of hydrogen-bond donors (Lipinski definition) is 3. The Labute approximate surface area is 120 Å². The van der Waals surface area contributed by atoms with Gasteiger partial charge in [0.2, 0.25) is 5.91 Å². The average molecular weight is 276 g/mol. The molecule has 1 fully saturated rings. The number of carbonyl (C=O) groups excluding carboxylic acids is 1. The van der Waals surface area contributed by atoms with Crippen molar-refractivity contribution in [3.63, 3.8) is 0 Å². The summed E-state index contributed by atoms with van der Waals surface area (Å²) in [5.41, 5.74) is 7.62. The second kappa shape index (κ2) is 5.44. The lowest BCUT2D eigenvalue weighted by atomic mass is 9.76. The first-order chi connectivity index (χ1) is 9.33. The zero-order chi connectivity index (χ0) is 14.9. The van der Waals surface area contributed by atoms with Gasteiger partial charge in [0.25, 0.3) is 0 Å². The van der Waals surface area contributed by atoms with Crippen LogP contribution < -0.4 is 11.1 Å². The third kappa shape index (κ3) is 2.80. The van der Waals surface area contributed by atoms with Crippen LogP contribution in [-0.4, -0.2) is 16.6 Å². The number of aromatic hydroxyl groups is 1. The van der Waals surface area contributed by atoms with Crippen molar-refractivity contribution in [2.24, 2.45) is 11.7 Å². The van der Waals surface area contributed by atoms with Crippen molar-refractivity contribution in [1.82, 2.24) is 0 Å². The van der Waals surface area contributed by atoms with Gasteiger partial charge in [-0.05, 0) is 44.2 Å². The molecule has 0 bridgehead atoms. The standard InChI is InChI=1S/C16H24N2O2/c1-10-5-4-8-16(17,9-10)15(20)18-13-7-6-11(2)14(19)12(13)3/h6-7,10,19H,4-5,8-9,17H2,1-3H3,(H,18,20). The van der Waals surface area contributed by atoms with Crippen molar-refractivity contribution in [3.8, 4) is 5.75 Å². The van der Waals surface area contributed by atoms with E-state index in [0.29, 0.717) is 17.2 Å². The van der Waals surface area contributed by atoms with Gasteiger partial charge in [-0.1, -0.05) is 25.8 Å². The van der Waals surface area contributed by atoms with Gasteiger partial charge in [-0.15, -0.1) is 0 Å². The smallest absolute Gasteiger partial charge is 0.244 e. The molecule has 1 aliphatic rings. The molecule has 4 N–H and O–H groups in total. The summed E-state index contributed by atoms with van der Waals surface area (Å²) >= 11 is 0. The highest BCUT2D eigenvalue weighted by atomic mass is 16.3. The van der Waals surface area contributed by atoms with Crippen LogP contribution in [0.25, 0.3) is 0 Å².